The van der Waals surface area contributed by atoms with Crippen molar-refractivity contribution >= 4 is 5.78 Å². The Balaban J connectivity index is 2.07. The van der Waals surface area contributed by atoms with Crippen molar-refractivity contribution in [3.05, 3.63) is 77.1 Å². The maximum Gasteiger partial charge on any atom is 0.160 e. The molecule has 0 fully saturated rings. The zero-order chi connectivity index (χ0) is 19.4. The highest BCUT2D eigenvalue weighted by Gasteiger charge is 2.13. The van der Waals surface area contributed by atoms with Crippen molar-refractivity contribution in [3.8, 4) is 29.2 Å². The van der Waals surface area contributed by atoms with Crippen molar-refractivity contribution in [1.82, 2.24) is 4.57 Å². The molecule has 0 aliphatic rings. The summed E-state index contributed by atoms with van der Waals surface area (Å²) in [5.74, 6) is 2.92. The molecule has 3 rings (SSSR count). The van der Waals surface area contributed by atoms with Crippen LogP contribution in [-0.4, -0.2) is 10.4 Å². The van der Waals surface area contributed by atoms with Gasteiger partial charge in [0.15, 0.2) is 5.78 Å². The zero-order valence-electron chi connectivity index (χ0n) is 16.3. The van der Waals surface area contributed by atoms with Crippen LogP contribution in [0.4, 0.5) is 0 Å². The Morgan fingerprint density at radius 2 is 1.89 bits per heavy atom. The fourth-order valence-corrected chi connectivity index (χ4v) is 3.51. The number of carbonyl (C=O) groups excluding carboxylic acids is 1. The molecule has 27 heavy (non-hydrogen) atoms. The lowest BCUT2D eigenvalue weighted by Crippen LogP contribution is -1.98. The van der Waals surface area contributed by atoms with E-state index in [1.807, 2.05) is 31.3 Å². The van der Waals surface area contributed by atoms with Crippen LogP contribution < -0.4 is 0 Å². The molecule has 0 spiro atoms. The molecule has 0 N–H and O–H groups in total. The van der Waals surface area contributed by atoms with Gasteiger partial charge in [-0.3, -0.25) is 4.79 Å². The summed E-state index contributed by atoms with van der Waals surface area (Å²) in [7, 11) is 0. The van der Waals surface area contributed by atoms with Crippen molar-refractivity contribution in [2.45, 2.75) is 40.0 Å². The highest BCUT2D eigenvalue weighted by Crippen LogP contribution is 2.30. The van der Waals surface area contributed by atoms with Crippen LogP contribution >= 0.6 is 0 Å². The Hall–Kier alpha value is -3.05. The number of hydrogen-bond donors (Lipinski definition) is 0. The fourth-order valence-electron chi connectivity index (χ4n) is 3.51. The standard InChI is InChI=1S/C25H25NO/c1-5-7-10-21-11-8-9-12-24(21)25-17-26(16-20(25)6-2)22-13-14-23(19(4)27)18(3)15-22/h2,8-9,11-17H,5,7,10H2,1,3-4H3. The van der Waals surface area contributed by atoms with Crippen LogP contribution in [0.5, 0.6) is 0 Å². The minimum Gasteiger partial charge on any atom is -0.322 e. The third kappa shape index (κ3) is 3.88. The highest BCUT2D eigenvalue weighted by molar-refractivity contribution is 5.95. The third-order valence-electron chi connectivity index (χ3n) is 4.98. The van der Waals surface area contributed by atoms with Crippen LogP contribution in [0.3, 0.4) is 0 Å². The molecule has 1 heterocycles. The Kier molecular flexibility index (Phi) is 5.62. The molecule has 0 unspecified atom stereocenters. The van der Waals surface area contributed by atoms with Gasteiger partial charge in [-0.1, -0.05) is 43.5 Å². The van der Waals surface area contributed by atoms with Crippen molar-refractivity contribution in [2.75, 3.05) is 0 Å². The van der Waals surface area contributed by atoms with Gasteiger partial charge in [0.25, 0.3) is 0 Å². The van der Waals surface area contributed by atoms with Crippen LogP contribution in [0.25, 0.3) is 16.8 Å². The molecular weight excluding hydrogens is 330 g/mol. The minimum absolute atomic E-state index is 0.0846. The van der Waals surface area contributed by atoms with E-state index in [9.17, 15) is 4.79 Å². The monoisotopic (exact) mass is 355 g/mol. The first-order chi connectivity index (χ1) is 13.0. The molecule has 0 saturated heterocycles. The molecule has 0 atom stereocenters. The molecule has 2 aromatic carbocycles. The molecule has 2 heteroatoms. The second kappa shape index (κ2) is 8.10. The van der Waals surface area contributed by atoms with Crippen molar-refractivity contribution < 1.29 is 4.79 Å². The summed E-state index contributed by atoms with van der Waals surface area (Å²) in [6.07, 6.45) is 13.3. The van der Waals surface area contributed by atoms with Crippen LogP contribution in [0.15, 0.2) is 54.9 Å². The summed E-state index contributed by atoms with van der Waals surface area (Å²) in [4.78, 5) is 11.7. The molecule has 0 saturated carbocycles. The predicted molar refractivity (Wildman–Crippen MR) is 112 cm³/mol. The van der Waals surface area contributed by atoms with E-state index in [-0.39, 0.29) is 5.78 Å². The highest BCUT2D eigenvalue weighted by atomic mass is 16.1. The number of benzene rings is 2. The van der Waals surface area contributed by atoms with Gasteiger partial charge in [-0.25, -0.2) is 0 Å². The van der Waals surface area contributed by atoms with Gasteiger partial charge in [0, 0.05) is 29.2 Å². The molecular formula is C25H25NO. The maximum atomic E-state index is 11.7. The predicted octanol–water partition coefficient (Wildman–Crippen LogP) is 5.98. The Morgan fingerprint density at radius 1 is 1.11 bits per heavy atom. The van der Waals surface area contributed by atoms with Gasteiger partial charge >= 0.3 is 0 Å². The Morgan fingerprint density at radius 3 is 2.56 bits per heavy atom. The number of terminal acetylenes is 1. The first-order valence-corrected chi connectivity index (χ1v) is 9.44. The average Bonchev–Trinajstić information content (AvgIpc) is 3.10. The topological polar surface area (TPSA) is 22.0 Å². The molecule has 1 aromatic heterocycles. The number of ketones is 1. The van der Waals surface area contributed by atoms with E-state index in [1.54, 1.807) is 6.92 Å². The van der Waals surface area contributed by atoms with Gasteiger partial charge in [-0.15, -0.1) is 6.42 Å². The van der Waals surface area contributed by atoms with E-state index in [0.29, 0.717) is 0 Å². The first-order valence-electron chi connectivity index (χ1n) is 9.44. The van der Waals surface area contributed by atoms with Gasteiger partial charge in [-0.05, 0) is 61.6 Å². The second-order valence-electron chi connectivity index (χ2n) is 6.95. The number of nitrogens with zero attached hydrogens (tertiary/aromatic N) is 1. The minimum atomic E-state index is 0.0846. The number of aryl methyl sites for hydroxylation is 2. The number of unbranched alkanes of at least 4 members (excludes halogenated alkanes) is 1. The quantitative estimate of drug-likeness (QED) is 0.394. The zero-order valence-corrected chi connectivity index (χ0v) is 16.3. The Bertz CT molecular complexity index is 1020. The summed E-state index contributed by atoms with van der Waals surface area (Å²) in [5.41, 5.74) is 7.23. The van der Waals surface area contributed by atoms with Crippen molar-refractivity contribution in [2.24, 2.45) is 0 Å². The summed E-state index contributed by atoms with van der Waals surface area (Å²) >= 11 is 0. The molecule has 0 amide bonds. The molecule has 0 bridgehead atoms. The van der Waals surface area contributed by atoms with Gasteiger partial charge in [0.1, 0.15) is 0 Å². The molecule has 3 aromatic rings. The van der Waals surface area contributed by atoms with Gasteiger partial charge in [0.05, 0.1) is 5.56 Å². The largest absolute Gasteiger partial charge is 0.322 e. The lowest BCUT2D eigenvalue weighted by atomic mass is 9.96. The van der Waals surface area contributed by atoms with Gasteiger partial charge in [0.2, 0.25) is 0 Å². The summed E-state index contributed by atoms with van der Waals surface area (Å²) < 4.78 is 2.05. The number of carbonyl (C=O) groups is 1. The lowest BCUT2D eigenvalue weighted by Gasteiger charge is -2.09. The van der Waals surface area contributed by atoms with Crippen molar-refractivity contribution in [1.29, 1.82) is 0 Å². The van der Waals surface area contributed by atoms with Crippen LogP contribution in [0, 0.1) is 19.3 Å². The first kappa shape index (κ1) is 18.7. The van der Waals surface area contributed by atoms with E-state index in [2.05, 4.69) is 47.9 Å². The second-order valence-corrected chi connectivity index (χ2v) is 6.95. The fraction of sp³-hybridized carbons (Fsp3) is 0.240. The number of aromatic nitrogens is 1. The number of hydrogen-bond acceptors (Lipinski definition) is 1. The van der Waals surface area contributed by atoms with E-state index >= 15 is 0 Å². The summed E-state index contributed by atoms with van der Waals surface area (Å²) in [6.45, 7) is 5.77. The third-order valence-corrected chi connectivity index (χ3v) is 4.98. The number of rotatable bonds is 6. The molecule has 0 aliphatic heterocycles. The average molecular weight is 355 g/mol. The number of Topliss-reactive ketones (excluding diaryl/α,β-unsaturated/α-hetero) is 1. The maximum absolute atomic E-state index is 11.7. The summed E-state index contributed by atoms with van der Waals surface area (Å²) in [5, 5.41) is 0. The van der Waals surface area contributed by atoms with Crippen LogP contribution in [0.2, 0.25) is 0 Å². The Labute approximate surface area is 161 Å². The summed E-state index contributed by atoms with van der Waals surface area (Å²) in [6, 6.07) is 14.4. The van der Waals surface area contributed by atoms with Gasteiger partial charge < -0.3 is 4.57 Å². The SMILES string of the molecule is C#Cc1cn(-c2ccc(C(C)=O)c(C)c2)cc1-c1ccccc1CCCC. The van der Waals surface area contributed by atoms with Crippen LogP contribution in [-0.2, 0) is 6.42 Å². The van der Waals surface area contributed by atoms with E-state index in [0.717, 1.165) is 40.8 Å². The molecule has 0 radical (unpaired) electrons. The lowest BCUT2D eigenvalue weighted by molar-refractivity contribution is 0.101. The smallest absolute Gasteiger partial charge is 0.160 e. The van der Waals surface area contributed by atoms with Crippen LogP contribution in [0.1, 0.15) is 53.7 Å². The normalized spacial score (nSPS) is 10.6. The van der Waals surface area contributed by atoms with Gasteiger partial charge in [-0.2, -0.15) is 0 Å². The van der Waals surface area contributed by atoms with E-state index < -0.39 is 0 Å². The van der Waals surface area contributed by atoms with Crippen molar-refractivity contribution in [3.63, 3.8) is 0 Å². The molecule has 0 aliphatic carbocycles. The molecule has 136 valence electrons. The molecule has 2 nitrogen and oxygen atoms in total. The van der Waals surface area contributed by atoms with E-state index in [4.69, 9.17) is 6.42 Å². The van der Waals surface area contributed by atoms with E-state index in [1.165, 1.54) is 17.5 Å².